The molecule has 0 radical (unpaired) electrons. The summed E-state index contributed by atoms with van der Waals surface area (Å²) in [5, 5.41) is 3.62. The fraction of sp³-hybridized carbons (Fsp3) is 0.524. The second kappa shape index (κ2) is 6.87. The number of rotatable bonds is 7. The molecule has 2 aromatic rings. The molecule has 1 aromatic carbocycles. The van der Waals surface area contributed by atoms with Crippen LogP contribution in [-0.2, 0) is 20.7 Å². The average molecular weight is 456 g/mol. The topological polar surface area (TPSA) is 65.4 Å². The van der Waals surface area contributed by atoms with Crippen LogP contribution in [0.1, 0.15) is 44.2 Å². The van der Waals surface area contributed by atoms with E-state index < -0.39 is 12.0 Å². The predicted octanol–water partition coefficient (Wildman–Crippen LogP) is 4.28. The number of amides is 1. The third kappa shape index (κ3) is 3.67. The van der Waals surface area contributed by atoms with Gasteiger partial charge in [-0.15, -0.1) is 13.2 Å². The third-order valence-electron chi connectivity index (χ3n) is 6.66. The monoisotopic (exact) mass is 455 g/mol. The number of hydrogen-bond donors (Lipinski definition) is 1. The number of aromatic nitrogens is 2. The van der Waals surface area contributed by atoms with Crippen LogP contribution in [-0.4, -0.2) is 34.0 Å². The van der Waals surface area contributed by atoms with Crippen LogP contribution in [0, 0.1) is 0 Å². The molecule has 1 amide bonds. The first-order chi connectivity index (χ1) is 14.6. The molecule has 1 heterocycles. The molecule has 0 atom stereocenters. The zero-order chi connectivity index (χ0) is 21.9. The summed E-state index contributed by atoms with van der Waals surface area (Å²) >= 11 is 5.82. The standard InChI is InChI=1S/C21H21ClF3N3O3/c22-14-2-4-15(5-3-14)30-9-17(29)27-18-10-19(11-18,12-18)28-8-16(26-13-28)20(6-1-7-20)31-21(23,24)25/h2-5,8,13H,1,6-7,9-12H2,(H,27,29). The first kappa shape index (κ1) is 20.6. The number of hydrogen-bond acceptors (Lipinski definition) is 4. The van der Waals surface area contributed by atoms with Gasteiger partial charge in [0.05, 0.1) is 17.6 Å². The Hall–Kier alpha value is -2.26. The summed E-state index contributed by atoms with van der Waals surface area (Å²) in [6, 6.07) is 6.76. The van der Waals surface area contributed by atoms with E-state index in [9.17, 15) is 18.0 Å². The molecule has 4 fully saturated rings. The quantitative estimate of drug-likeness (QED) is 0.677. The number of ether oxygens (including phenoxy) is 2. The summed E-state index contributed by atoms with van der Waals surface area (Å²) in [6.45, 7) is -0.0943. The van der Waals surface area contributed by atoms with Gasteiger partial charge in [-0.2, -0.15) is 0 Å². The minimum absolute atomic E-state index is 0.0943. The Bertz CT molecular complexity index is 982. The molecule has 4 aliphatic carbocycles. The number of nitrogens with zero attached hydrogens (tertiary/aromatic N) is 2. The molecule has 31 heavy (non-hydrogen) atoms. The van der Waals surface area contributed by atoms with Crippen molar-refractivity contribution in [2.24, 2.45) is 0 Å². The lowest BCUT2D eigenvalue weighted by molar-refractivity contribution is -0.384. The summed E-state index contributed by atoms with van der Waals surface area (Å²) in [5.41, 5.74) is -1.51. The number of carbonyl (C=O) groups is 1. The minimum Gasteiger partial charge on any atom is -0.484 e. The van der Waals surface area contributed by atoms with Gasteiger partial charge in [-0.05, 0) is 62.8 Å². The molecule has 1 aromatic heterocycles. The van der Waals surface area contributed by atoms with E-state index in [2.05, 4.69) is 15.0 Å². The van der Waals surface area contributed by atoms with Crippen LogP contribution in [0.2, 0.25) is 5.02 Å². The van der Waals surface area contributed by atoms with Crippen LogP contribution < -0.4 is 10.1 Å². The summed E-state index contributed by atoms with van der Waals surface area (Å²) in [7, 11) is 0. The van der Waals surface area contributed by atoms with Crippen molar-refractivity contribution < 1.29 is 27.4 Å². The molecule has 10 heteroatoms. The average Bonchev–Trinajstić information content (AvgIpc) is 3.09. The van der Waals surface area contributed by atoms with Crippen molar-refractivity contribution in [3.8, 4) is 5.75 Å². The Morgan fingerprint density at radius 1 is 1.19 bits per heavy atom. The second-order valence-electron chi connectivity index (χ2n) is 8.89. The highest BCUT2D eigenvalue weighted by atomic mass is 35.5. The first-order valence-corrected chi connectivity index (χ1v) is 10.5. The highest BCUT2D eigenvalue weighted by Gasteiger charge is 2.69. The maximum absolute atomic E-state index is 12.8. The number of alkyl halides is 3. The van der Waals surface area contributed by atoms with Gasteiger partial charge in [0.2, 0.25) is 0 Å². The lowest BCUT2D eigenvalue weighted by Crippen LogP contribution is -2.78. The van der Waals surface area contributed by atoms with E-state index in [1.165, 1.54) is 0 Å². The smallest absolute Gasteiger partial charge is 0.484 e. The van der Waals surface area contributed by atoms with Crippen molar-refractivity contribution in [2.45, 2.75) is 61.6 Å². The molecule has 0 aliphatic heterocycles. The van der Waals surface area contributed by atoms with Gasteiger partial charge in [-0.1, -0.05) is 11.6 Å². The molecular formula is C21H21ClF3N3O3. The fourth-order valence-electron chi connectivity index (χ4n) is 5.10. The molecule has 6 rings (SSSR count). The summed E-state index contributed by atoms with van der Waals surface area (Å²) < 4.78 is 50.3. The Labute approximate surface area is 181 Å². The maximum atomic E-state index is 12.8. The summed E-state index contributed by atoms with van der Waals surface area (Å²) in [4.78, 5) is 16.5. The lowest BCUT2D eigenvalue weighted by atomic mass is 9.44. The van der Waals surface area contributed by atoms with Crippen LogP contribution in [0.15, 0.2) is 36.8 Å². The molecule has 4 saturated carbocycles. The van der Waals surface area contributed by atoms with E-state index in [1.807, 2.05) is 4.57 Å². The van der Waals surface area contributed by atoms with Gasteiger partial charge in [0, 0.05) is 16.8 Å². The molecule has 0 spiro atoms. The van der Waals surface area contributed by atoms with E-state index in [0.717, 1.165) is 19.3 Å². The molecule has 4 aliphatic rings. The number of benzene rings is 1. The Kier molecular flexibility index (Phi) is 4.57. The van der Waals surface area contributed by atoms with Crippen LogP contribution in [0.3, 0.4) is 0 Å². The molecule has 6 nitrogen and oxygen atoms in total. The Morgan fingerprint density at radius 2 is 1.87 bits per heavy atom. The van der Waals surface area contributed by atoms with Crippen molar-refractivity contribution in [1.29, 1.82) is 0 Å². The first-order valence-electron chi connectivity index (χ1n) is 10.1. The summed E-state index contributed by atoms with van der Waals surface area (Å²) in [6.07, 6.45) is 2.03. The highest BCUT2D eigenvalue weighted by Crippen LogP contribution is 2.65. The van der Waals surface area contributed by atoms with Crippen LogP contribution in [0.4, 0.5) is 13.2 Å². The molecule has 166 valence electrons. The van der Waals surface area contributed by atoms with Gasteiger partial charge in [0.25, 0.3) is 5.91 Å². The van der Waals surface area contributed by atoms with Crippen molar-refractivity contribution in [3.05, 3.63) is 47.5 Å². The molecule has 2 bridgehead atoms. The number of nitrogens with one attached hydrogen (secondary N) is 1. The number of carbonyl (C=O) groups excluding carboxylic acids is 1. The number of halogens is 4. The maximum Gasteiger partial charge on any atom is 0.523 e. The van der Waals surface area contributed by atoms with Gasteiger partial charge in [0.15, 0.2) is 6.61 Å². The normalized spacial score (nSPS) is 28.1. The van der Waals surface area contributed by atoms with E-state index in [1.54, 1.807) is 36.8 Å². The van der Waals surface area contributed by atoms with E-state index >= 15 is 0 Å². The molecule has 1 N–H and O–H groups in total. The fourth-order valence-corrected chi connectivity index (χ4v) is 5.23. The predicted molar refractivity (Wildman–Crippen MR) is 105 cm³/mol. The third-order valence-corrected chi connectivity index (χ3v) is 6.91. The van der Waals surface area contributed by atoms with Gasteiger partial charge in [-0.25, -0.2) is 4.98 Å². The van der Waals surface area contributed by atoms with Crippen LogP contribution in [0.5, 0.6) is 5.75 Å². The highest BCUT2D eigenvalue weighted by molar-refractivity contribution is 6.30. The van der Waals surface area contributed by atoms with Gasteiger partial charge in [-0.3, -0.25) is 9.53 Å². The van der Waals surface area contributed by atoms with Crippen LogP contribution >= 0.6 is 11.6 Å². The van der Waals surface area contributed by atoms with Gasteiger partial charge < -0.3 is 14.6 Å². The largest absolute Gasteiger partial charge is 0.523 e. The SMILES string of the molecule is O=C(COc1ccc(Cl)cc1)NC12CC(n3cnc(C4(OC(F)(F)F)CCC4)c3)(C1)C2. The van der Waals surface area contributed by atoms with Crippen molar-refractivity contribution in [1.82, 2.24) is 14.9 Å². The zero-order valence-corrected chi connectivity index (χ0v) is 17.3. The summed E-state index contributed by atoms with van der Waals surface area (Å²) in [5.74, 6) is 0.354. The van der Waals surface area contributed by atoms with Crippen molar-refractivity contribution >= 4 is 17.5 Å². The zero-order valence-electron chi connectivity index (χ0n) is 16.5. The second-order valence-corrected chi connectivity index (χ2v) is 9.32. The van der Waals surface area contributed by atoms with Crippen molar-refractivity contribution in [3.63, 3.8) is 0 Å². The van der Waals surface area contributed by atoms with Crippen molar-refractivity contribution in [2.75, 3.05) is 6.61 Å². The molecule has 0 saturated heterocycles. The Balaban J connectivity index is 1.16. The van der Waals surface area contributed by atoms with E-state index in [0.29, 0.717) is 35.7 Å². The number of imidazole rings is 1. The van der Waals surface area contributed by atoms with Gasteiger partial charge >= 0.3 is 6.36 Å². The van der Waals surface area contributed by atoms with E-state index in [4.69, 9.17) is 16.3 Å². The Morgan fingerprint density at radius 3 is 2.45 bits per heavy atom. The molecular weight excluding hydrogens is 435 g/mol. The van der Waals surface area contributed by atoms with E-state index in [-0.39, 0.29) is 23.6 Å². The molecule has 0 unspecified atom stereocenters. The lowest BCUT2D eigenvalue weighted by Gasteiger charge is -2.70. The van der Waals surface area contributed by atoms with Crippen LogP contribution in [0.25, 0.3) is 0 Å². The minimum atomic E-state index is -4.69. The van der Waals surface area contributed by atoms with Gasteiger partial charge in [0.1, 0.15) is 11.4 Å².